The second-order valence-corrected chi connectivity index (χ2v) is 4.92. The van der Waals surface area contributed by atoms with Crippen molar-refractivity contribution in [1.29, 1.82) is 0 Å². The van der Waals surface area contributed by atoms with Crippen molar-refractivity contribution in [3.05, 3.63) is 76.9 Å². The van der Waals surface area contributed by atoms with Crippen molar-refractivity contribution >= 4 is 11.9 Å². The molecule has 1 atom stereocenters. The first kappa shape index (κ1) is 11.9. The number of aliphatic hydroxyl groups is 1. The normalized spacial score (nSPS) is 23.7. The summed E-state index contributed by atoms with van der Waals surface area (Å²) in [5, 5.41) is 10.6. The standard InChI is InChI=1S/C17H14O2/c1-17(19)14-10-6-5-9-13(14)16(18)15(17)11-12-7-3-2-4-8-12/h2-11,19H,1H3/b15-11+. The fourth-order valence-corrected chi connectivity index (χ4v) is 2.54. The molecule has 0 saturated carbocycles. The van der Waals surface area contributed by atoms with Gasteiger partial charge in [0.2, 0.25) is 0 Å². The second kappa shape index (κ2) is 4.18. The molecule has 1 N–H and O–H groups in total. The number of carbonyl (C=O) groups excluding carboxylic acids is 1. The smallest absolute Gasteiger partial charge is 0.192 e. The zero-order chi connectivity index (χ0) is 13.5. The quantitative estimate of drug-likeness (QED) is 0.789. The van der Waals surface area contributed by atoms with E-state index in [-0.39, 0.29) is 5.78 Å². The summed E-state index contributed by atoms with van der Waals surface area (Å²) >= 11 is 0. The van der Waals surface area contributed by atoms with Crippen LogP contribution in [0.25, 0.3) is 6.08 Å². The van der Waals surface area contributed by atoms with E-state index in [4.69, 9.17) is 0 Å². The van der Waals surface area contributed by atoms with E-state index in [1.54, 1.807) is 25.1 Å². The maximum atomic E-state index is 12.4. The molecule has 0 aliphatic heterocycles. The molecule has 1 unspecified atom stereocenters. The first-order chi connectivity index (χ1) is 9.10. The molecule has 0 spiro atoms. The van der Waals surface area contributed by atoms with Crippen molar-refractivity contribution in [2.24, 2.45) is 0 Å². The van der Waals surface area contributed by atoms with Gasteiger partial charge in [0, 0.05) is 11.1 Å². The molecule has 0 fully saturated rings. The fraction of sp³-hybridized carbons (Fsp3) is 0.118. The Morgan fingerprint density at radius 1 is 1.00 bits per heavy atom. The number of fused-ring (bicyclic) bond motifs is 1. The maximum absolute atomic E-state index is 12.4. The Labute approximate surface area is 112 Å². The van der Waals surface area contributed by atoms with Crippen LogP contribution in [0.4, 0.5) is 0 Å². The van der Waals surface area contributed by atoms with Crippen LogP contribution in [-0.4, -0.2) is 10.9 Å². The molecule has 94 valence electrons. The Bertz CT molecular complexity index is 667. The monoisotopic (exact) mass is 250 g/mol. The highest BCUT2D eigenvalue weighted by Crippen LogP contribution is 2.41. The Hall–Kier alpha value is -2.19. The Morgan fingerprint density at radius 3 is 2.32 bits per heavy atom. The second-order valence-electron chi connectivity index (χ2n) is 4.92. The number of rotatable bonds is 1. The summed E-state index contributed by atoms with van der Waals surface area (Å²) in [5.74, 6) is -0.0931. The summed E-state index contributed by atoms with van der Waals surface area (Å²) in [5.41, 5.74) is 1.40. The van der Waals surface area contributed by atoms with Gasteiger partial charge in [-0.25, -0.2) is 0 Å². The van der Waals surface area contributed by atoms with Gasteiger partial charge in [0.1, 0.15) is 5.60 Å². The van der Waals surface area contributed by atoms with Crippen molar-refractivity contribution in [2.75, 3.05) is 0 Å². The lowest BCUT2D eigenvalue weighted by Crippen LogP contribution is -2.20. The van der Waals surface area contributed by atoms with Gasteiger partial charge in [-0.15, -0.1) is 0 Å². The zero-order valence-corrected chi connectivity index (χ0v) is 10.6. The molecule has 0 saturated heterocycles. The molecule has 1 aliphatic carbocycles. The number of carbonyl (C=O) groups is 1. The predicted molar refractivity (Wildman–Crippen MR) is 74.8 cm³/mol. The Balaban J connectivity index is 2.16. The first-order valence-electron chi connectivity index (χ1n) is 6.24. The lowest BCUT2D eigenvalue weighted by Gasteiger charge is -2.19. The largest absolute Gasteiger partial charge is 0.381 e. The van der Waals surface area contributed by atoms with Gasteiger partial charge >= 0.3 is 0 Å². The van der Waals surface area contributed by atoms with Crippen molar-refractivity contribution in [3.8, 4) is 0 Å². The molecular formula is C17H14O2. The van der Waals surface area contributed by atoms with Crippen LogP contribution >= 0.6 is 0 Å². The molecule has 0 amide bonds. The molecule has 3 rings (SSSR count). The fourth-order valence-electron chi connectivity index (χ4n) is 2.54. The maximum Gasteiger partial charge on any atom is 0.192 e. The lowest BCUT2D eigenvalue weighted by molar-refractivity contribution is 0.0877. The van der Waals surface area contributed by atoms with E-state index in [0.29, 0.717) is 16.7 Å². The van der Waals surface area contributed by atoms with E-state index in [2.05, 4.69) is 0 Å². The molecule has 19 heavy (non-hydrogen) atoms. The Morgan fingerprint density at radius 2 is 1.63 bits per heavy atom. The van der Waals surface area contributed by atoms with E-state index in [1.807, 2.05) is 42.5 Å². The molecule has 2 heteroatoms. The van der Waals surface area contributed by atoms with Gasteiger partial charge in [-0.2, -0.15) is 0 Å². The third-order valence-electron chi connectivity index (χ3n) is 3.58. The van der Waals surface area contributed by atoms with E-state index < -0.39 is 5.60 Å². The van der Waals surface area contributed by atoms with Gasteiger partial charge in [-0.3, -0.25) is 4.79 Å². The van der Waals surface area contributed by atoms with Gasteiger partial charge in [0.05, 0.1) is 0 Å². The summed E-state index contributed by atoms with van der Waals surface area (Å²) in [6.45, 7) is 1.67. The van der Waals surface area contributed by atoms with Crippen LogP contribution in [0.2, 0.25) is 0 Å². The molecule has 0 heterocycles. The molecule has 2 nitrogen and oxygen atoms in total. The van der Waals surface area contributed by atoms with E-state index in [9.17, 15) is 9.90 Å². The van der Waals surface area contributed by atoms with Crippen molar-refractivity contribution in [1.82, 2.24) is 0 Å². The number of Topliss-reactive ketones (excluding diaryl/α,β-unsaturated/α-hetero) is 1. The number of benzene rings is 2. The van der Waals surface area contributed by atoms with Crippen molar-refractivity contribution < 1.29 is 9.90 Å². The molecule has 0 radical (unpaired) electrons. The highest BCUT2D eigenvalue weighted by molar-refractivity contribution is 6.17. The van der Waals surface area contributed by atoms with E-state index >= 15 is 0 Å². The predicted octanol–water partition coefficient (Wildman–Crippen LogP) is 3.17. The van der Waals surface area contributed by atoms with Crippen LogP contribution in [0, 0.1) is 0 Å². The van der Waals surface area contributed by atoms with Crippen LogP contribution in [0.3, 0.4) is 0 Å². The van der Waals surface area contributed by atoms with E-state index in [1.165, 1.54) is 0 Å². The van der Waals surface area contributed by atoms with Crippen molar-refractivity contribution in [3.63, 3.8) is 0 Å². The topological polar surface area (TPSA) is 37.3 Å². The van der Waals surface area contributed by atoms with Crippen molar-refractivity contribution in [2.45, 2.75) is 12.5 Å². The minimum absolute atomic E-state index is 0.0931. The van der Waals surface area contributed by atoms with Gasteiger partial charge in [-0.05, 0) is 24.1 Å². The zero-order valence-electron chi connectivity index (χ0n) is 10.6. The van der Waals surface area contributed by atoms with Crippen LogP contribution in [0.15, 0.2) is 60.2 Å². The summed E-state index contributed by atoms with van der Waals surface area (Å²) in [6.07, 6.45) is 1.77. The summed E-state index contributed by atoms with van der Waals surface area (Å²) in [4.78, 5) is 12.4. The third kappa shape index (κ3) is 1.81. The minimum Gasteiger partial charge on any atom is -0.381 e. The van der Waals surface area contributed by atoms with Crippen LogP contribution < -0.4 is 0 Å². The highest BCUT2D eigenvalue weighted by Gasteiger charge is 2.42. The van der Waals surface area contributed by atoms with Gasteiger partial charge in [0.15, 0.2) is 5.78 Å². The average Bonchev–Trinajstić information content (AvgIpc) is 2.62. The third-order valence-corrected chi connectivity index (χ3v) is 3.58. The number of hydrogen-bond donors (Lipinski definition) is 1. The molecular weight excluding hydrogens is 236 g/mol. The Kier molecular flexibility index (Phi) is 2.61. The summed E-state index contributed by atoms with van der Waals surface area (Å²) in [6, 6.07) is 16.8. The van der Waals surface area contributed by atoms with Gasteiger partial charge < -0.3 is 5.11 Å². The lowest BCUT2D eigenvalue weighted by atomic mass is 9.93. The minimum atomic E-state index is -1.22. The highest BCUT2D eigenvalue weighted by atomic mass is 16.3. The average molecular weight is 250 g/mol. The number of ketones is 1. The van der Waals surface area contributed by atoms with E-state index in [0.717, 1.165) is 5.56 Å². The summed E-state index contributed by atoms with van der Waals surface area (Å²) < 4.78 is 0. The molecule has 0 bridgehead atoms. The van der Waals surface area contributed by atoms with Gasteiger partial charge in [-0.1, -0.05) is 54.6 Å². The molecule has 2 aromatic carbocycles. The molecule has 0 aromatic heterocycles. The molecule has 2 aromatic rings. The summed E-state index contributed by atoms with van der Waals surface area (Å²) in [7, 11) is 0. The van der Waals surface area contributed by atoms with Crippen LogP contribution in [0.5, 0.6) is 0 Å². The van der Waals surface area contributed by atoms with Gasteiger partial charge in [0.25, 0.3) is 0 Å². The van der Waals surface area contributed by atoms with Crippen LogP contribution in [0.1, 0.15) is 28.4 Å². The number of hydrogen-bond acceptors (Lipinski definition) is 2. The molecule has 1 aliphatic rings. The first-order valence-corrected chi connectivity index (χ1v) is 6.24. The van der Waals surface area contributed by atoms with Crippen LogP contribution in [-0.2, 0) is 5.60 Å². The SMILES string of the molecule is CC1(O)/C(=C/c2ccccc2)C(=O)c2ccccc21.